The van der Waals surface area contributed by atoms with E-state index in [0.29, 0.717) is 5.82 Å². The van der Waals surface area contributed by atoms with Crippen LogP contribution >= 0.6 is 0 Å². The molecule has 278 valence electrons. The van der Waals surface area contributed by atoms with E-state index in [2.05, 4.69) is 187 Å². The molecule has 2 aromatic heterocycles. The molecule has 0 amide bonds. The molecule has 0 bridgehead atoms. The minimum absolute atomic E-state index is 0.691. The smallest absolute Gasteiger partial charge is 0.160 e. The molecule has 0 fully saturated rings. The van der Waals surface area contributed by atoms with Crippen LogP contribution in [0.1, 0.15) is 0 Å². The second-order valence-corrected chi connectivity index (χ2v) is 15.6. The van der Waals surface area contributed by atoms with Crippen molar-refractivity contribution >= 4 is 53.9 Å². The van der Waals surface area contributed by atoms with Gasteiger partial charge in [0.05, 0.1) is 11.4 Å². The summed E-state index contributed by atoms with van der Waals surface area (Å²) in [4.78, 5) is 14.6. The van der Waals surface area contributed by atoms with E-state index in [-0.39, 0.29) is 0 Å². The van der Waals surface area contributed by atoms with Crippen LogP contribution in [0.3, 0.4) is 0 Å². The Balaban J connectivity index is 1.00. The van der Waals surface area contributed by atoms with Crippen molar-refractivity contribution in [2.75, 3.05) is 0 Å². The molecule has 2 heterocycles. The number of rotatable bonds is 6. The molecule has 12 rings (SSSR count). The molecular weight excluding hydrogens is 727 g/mol. The summed E-state index contributed by atoms with van der Waals surface area (Å²) in [5, 5.41) is 12.7. The van der Waals surface area contributed by atoms with Gasteiger partial charge in [-0.05, 0) is 118 Å². The SMILES string of the molecule is c1ccc(-c2cc(-c3ccc(-c4ccncc4)cc3)nc(-c3cccc(-c4ccc5ccc6c(-c7cc8ccccc8c8ccccc78)ccc7ccc4c5c76)c3)n2)cc1. The van der Waals surface area contributed by atoms with Crippen molar-refractivity contribution in [1.29, 1.82) is 0 Å². The Morgan fingerprint density at radius 1 is 0.267 bits per heavy atom. The Labute approximate surface area is 347 Å². The molecule has 0 saturated heterocycles. The van der Waals surface area contributed by atoms with E-state index in [1.807, 2.05) is 30.6 Å². The van der Waals surface area contributed by atoms with Crippen LogP contribution in [0, 0.1) is 0 Å². The van der Waals surface area contributed by atoms with Crippen LogP contribution in [0.2, 0.25) is 0 Å². The maximum atomic E-state index is 5.22. The quantitative estimate of drug-likeness (QED) is 0.158. The first-order chi connectivity index (χ1) is 29.7. The minimum atomic E-state index is 0.691. The van der Waals surface area contributed by atoms with Crippen molar-refractivity contribution in [3.63, 3.8) is 0 Å². The van der Waals surface area contributed by atoms with Crippen LogP contribution in [0.4, 0.5) is 0 Å². The fourth-order valence-corrected chi connectivity index (χ4v) is 9.25. The summed E-state index contributed by atoms with van der Waals surface area (Å²) >= 11 is 0. The standard InChI is InChI=1S/C57H35N3/c1-2-9-38(10-3-1)53-35-54(39-19-17-36(18-20-39)37-29-31-58-32-30-37)60-57(59-53)44-13-8-12-42(33-44)46-25-21-40-24-28-51-49(26-22-41-23-27-50(46)55(40)56(41)51)52-34-43-11-4-5-14-45(43)47-15-6-7-16-48(47)52/h1-35H. The normalized spacial score (nSPS) is 11.7. The number of benzene rings is 10. The number of fused-ring (bicyclic) bond motifs is 3. The molecule has 10 aromatic carbocycles. The second kappa shape index (κ2) is 13.8. The lowest BCUT2D eigenvalue weighted by Gasteiger charge is -2.18. The number of aromatic nitrogens is 3. The Kier molecular flexibility index (Phi) is 7.85. The predicted octanol–water partition coefficient (Wildman–Crippen LogP) is 15.1. The minimum Gasteiger partial charge on any atom is -0.265 e. The third kappa shape index (κ3) is 5.63. The maximum Gasteiger partial charge on any atom is 0.160 e. The van der Waals surface area contributed by atoms with E-state index in [1.54, 1.807) is 0 Å². The molecule has 12 aromatic rings. The second-order valence-electron chi connectivity index (χ2n) is 15.6. The van der Waals surface area contributed by atoms with Gasteiger partial charge in [0.15, 0.2) is 5.82 Å². The lowest BCUT2D eigenvalue weighted by Crippen LogP contribution is -1.96. The summed E-state index contributed by atoms with van der Waals surface area (Å²) < 4.78 is 0. The molecule has 3 nitrogen and oxygen atoms in total. The van der Waals surface area contributed by atoms with E-state index in [9.17, 15) is 0 Å². The molecule has 0 spiro atoms. The van der Waals surface area contributed by atoms with Gasteiger partial charge >= 0.3 is 0 Å². The highest BCUT2D eigenvalue weighted by atomic mass is 14.9. The van der Waals surface area contributed by atoms with E-state index < -0.39 is 0 Å². The monoisotopic (exact) mass is 761 g/mol. The Morgan fingerprint density at radius 3 is 1.57 bits per heavy atom. The Bertz CT molecular complexity index is 3580. The molecule has 0 aliphatic rings. The zero-order valence-corrected chi connectivity index (χ0v) is 32.5. The highest BCUT2D eigenvalue weighted by molar-refractivity contribution is 6.28. The molecule has 3 heteroatoms. The molecule has 0 radical (unpaired) electrons. The van der Waals surface area contributed by atoms with Crippen molar-refractivity contribution in [3.8, 4) is 67.3 Å². The molecular formula is C57H35N3. The molecule has 0 atom stereocenters. The largest absolute Gasteiger partial charge is 0.265 e. The predicted molar refractivity (Wildman–Crippen MR) is 251 cm³/mol. The van der Waals surface area contributed by atoms with E-state index in [0.717, 1.165) is 44.8 Å². The first kappa shape index (κ1) is 34.1. The summed E-state index contributed by atoms with van der Waals surface area (Å²) in [5.74, 6) is 0.691. The van der Waals surface area contributed by atoms with Crippen LogP contribution in [0.25, 0.3) is 121 Å². The average Bonchev–Trinajstić information content (AvgIpc) is 3.33. The van der Waals surface area contributed by atoms with Crippen LogP contribution in [-0.4, -0.2) is 15.0 Å². The van der Waals surface area contributed by atoms with Crippen LogP contribution in [0.15, 0.2) is 213 Å². The van der Waals surface area contributed by atoms with Gasteiger partial charge in [-0.25, -0.2) is 9.97 Å². The van der Waals surface area contributed by atoms with Crippen LogP contribution in [0.5, 0.6) is 0 Å². The van der Waals surface area contributed by atoms with Crippen LogP contribution < -0.4 is 0 Å². The fraction of sp³-hybridized carbons (Fsp3) is 0. The zero-order chi connectivity index (χ0) is 39.6. The van der Waals surface area contributed by atoms with Gasteiger partial charge in [0.25, 0.3) is 0 Å². The van der Waals surface area contributed by atoms with Gasteiger partial charge in [0.2, 0.25) is 0 Å². The molecule has 0 saturated carbocycles. The van der Waals surface area contributed by atoms with E-state index in [4.69, 9.17) is 9.97 Å². The molecule has 60 heavy (non-hydrogen) atoms. The molecule has 0 aliphatic heterocycles. The third-order valence-electron chi connectivity index (χ3n) is 12.1. The first-order valence-electron chi connectivity index (χ1n) is 20.4. The summed E-state index contributed by atoms with van der Waals surface area (Å²) in [7, 11) is 0. The van der Waals surface area contributed by atoms with Gasteiger partial charge in [-0.3, -0.25) is 4.98 Å². The number of nitrogens with zero attached hydrogens (tertiary/aromatic N) is 3. The van der Waals surface area contributed by atoms with Crippen molar-refractivity contribution in [3.05, 3.63) is 213 Å². The van der Waals surface area contributed by atoms with E-state index >= 15 is 0 Å². The van der Waals surface area contributed by atoms with Gasteiger partial charge in [-0.2, -0.15) is 0 Å². The topological polar surface area (TPSA) is 38.7 Å². The summed E-state index contributed by atoms with van der Waals surface area (Å²) in [6.07, 6.45) is 3.65. The Hall–Kier alpha value is -8.01. The number of pyridine rings is 1. The zero-order valence-electron chi connectivity index (χ0n) is 32.5. The van der Waals surface area contributed by atoms with Gasteiger partial charge in [0.1, 0.15) is 0 Å². The van der Waals surface area contributed by atoms with Gasteiger partial charge in [-0.1, -0.05) is 170 Å². The number of hydrogen-bond acceptors (Lipinski definition) is 3. The summed E-state index contributed by atoms with van der Waals surface area (Å²) in [6, 6.07) is 72.1. The van der Waals surface area contributed by atoms with Gasteiger partial charge in [0, 0.05) is 29.1 Å². The van der Waals surface area contributed by atoms with E-state index in [1.165, 1.54) is 70.6 Å². The average molecular weight is 762 g/mol. The van der Waals surface area contributed by atoms with Gasteiger partial charge < -0.3 is 0 Å². The van der Waals surface area contributed by atoms with Crippen molar-refractivity contribution in [2.45, 2.75) is 0 Å². The van der Waals surface area contributed by atoms with Crippen LogP contribution in [-0.2, 0) is 0 Å². The highest BCUT2D eigenvalue weighted by Crippen LogP contribution is 2.45. The molecule has 0 unspecified atom stereocenters. The van der Waals surface area contributed by atoms with Crippen molar-refractivity contribution in [2.24, 2.45) is 0 Å². The maximum absolute atomic E-state index is 5.22. The highest BCUT2D eigenvalue weighted by Gasteiger charge is 2.18. The number of hydrogen-bond donors (Lipinski definition) is 0. The third-order valence-corrected chi connectivity index (χ3v) is 12.1. The lowest BCUT2D eigenvalue weighted by atomic mass is 9.85. The lowest BCUT2D eigenvalue weighted by molar-refractivity contribution is 1.18. The van der Waals surface area contributed by atoms with Crippen molar-refractivity contribution < 1.29 is 0 Å². The van der Waals surface area contributed by atoms with Gasteiger partial charge in [-0.15, -0.1) is 0 Å². The summed E-state index contributed by atoms with van der Waals surface area (Å²) in [6.45, 7) is 0. The first-order valence-corrected chi connectivity index (χ1v) is 20.4. The molecule has 0 aliphatic carbocycles. The van der Waals surface area contributed by atoms with Crippen molar-refractivity contribution in [1.82, 2.24) is 15.0 Å². The summed E-state index contributed by atoms with van der Waals surface area (Å²) in [5.41, 5.74) is 11.9. The Morgan fingerprint density at radius 2 is 0.817 bits per heavy atom. The molecule has 0 N–H and O–H groups in total. The fourth-order valence-electron chi connectivity index (χ4n) is 9.25.